The van der Waals surface area contributed by atoms with Gasteiger partial charge in [0.25, 0.3) is 0 Å². The van der Waals surface area contributed by atoms with E-state index in [0.29, 0.717) is 22.0 Å². The van der Waals surface area contributed by atoms with Gasteiger partial charge in [0.2, 0.25) is 11.8 Å². The van der Waals surface area contributed by atoms with Crippen molar-refractivity contribution < 1.29 is 9.59 Å². The molecule has 0 atom stereocenters. The van der Waals surface area contributed by atoms with Crippen molar-refractivity contribution in [2.45, 2.75) is 18.9 Å². The summed E-state index contributed by atoms with van der Waals surface area (Å²) in [5.74, 6) is -0.317. The van der Waals surface area contributed by atoms with Gasteiger partial charge in [-0.1, -0.05) is 23.9 Å². The first-order chi connectivity index (χ1) is 12.0. The number of aryl methyl sites for hydroxylation is 2. The van der Waals surface area contributed by atoms with Crippen LogP contribution in [-0.2, 0) is 9.59 Å². The maximum atomic E-state index is 12.7. The Labute approximate surface area is 149 Å². The smallest absolute Gasteiger partial charge is 0.244 e. The van der Waals surface area contributed by atoms with E-state index in [2.05, 4.69) is 16.4 Å². The maximum absolute atomic E-state index is 12.7. The summed E-state index contributed by atoms with van der Waals surface area (Å²) in [6, 6.07) is 11.2. The Morgan fingerprint density at radius 3 is 2.92 bits per heavy atom. The maximum Gasteiger partial charge on any atom is 0.244 e. The highest BCUT2D eigenvalue weighted by Crippen LogP contribution is 2.30. The van der Waals surface area contributed by atoms with Crippen LogP contribution in [0.3, 0.4) is 0 Å². The summed E-state index contributed by atoms with van der Waals surface area (Å²) in [5.41, 5.74) is 3.43. The Hall–Kier alpha value is -2.85. The second-order valence-electron chi connectivity index (χ2n) is 5.71. The molecule has 3 rings (SSSR count). The van der Waals surface area contributed by atoms with Gasteiger partial charge in [0.1, 0.15) is 17.6 Å². The highest BCUT2D eigenvalue weighted by molar-refractivity contribution is 8.00. The predicted molar refractivity (Wildman–Crippen MR) is 96.6 cm³/mol. The van der Waals surface area contributed by atoms with Gasteiger partial charge < -0.3 is 10.2 Å². The molecule has 0 saturated carbocycles. The average Bonchev–Trinajstić information content (AvgIpc) is 2.58. The lowest BCUT2D eigenvalue weighted by molar-refractivity contribution is -0.120. The first-order valence-electron chi connectivity index (χ1n) is 7.70. The van der Waals surface area contributed by atoms with Gasteiger partial charge in [0.15, 0.2) is 0 Å². The number of pyridine rings is 1. The van der Waals surface area contributed by atoms with Crippen LogP contribution >= 0.6 is 11.8 Å². The molecule has 0 unspecified atom stereocenters. The quantitative estimate of drug-likeness (QED) is 0.858. The number of carbonyl (C=O) groups is 2. The lowest BCUT2D eigenvalue weighted by Crippen LogP contribution is -2.43. The van der Waals surface area contributed by atoms with E-state index < -0.39 is 0 Å². The Balaban J connectivity index is 1.81. The van der Waals surface area contributed by atoms with E-state index in [4.69, 9.17) is 0 Å². The molecular weight excluding hydrogens is 336 g/mol. The molecule has 2 amide bonds. The van der Waals surface area contributed by atoms with Gasteiger partial charge in [-0.25, -0.2) is 4.98 Å². The molecule has 1 N–H and O–H groups in total. The van der Waals surface area contributed by atoms with Gasteiger partial charge in [0.05, 0.1) is 22.7 Å². The van der Waals surface area contributed by atoms with Crippen LogP contribution in [0.25, 0.3) is 0 Å². The van der Waals surface area contributed by atoms with E-state index in [9.17, 15) is 14.9 Å². The van der Waals surface area contributed by atoms with E-state index in [1.54, 1.807) is 18.2 Å². The summed E-state index contributed by atoms with van der Waals surface area (Å²) in [4.78, 5) is 30.3. The molecule has 1 aromatic heterocycles. The molecule has 0 aliphatic carbocycles. The molecular formula is C18H16N4O2S. The van der Waals surface area contributed by atoms with Gasteiger partial charge in [-0.3, -0.25) is 9.59 Å². The summed E-state index contributed by atoms with van der Waals surface area (Å²) >= 11 is 1.22. The largest absolute Gasteiger partial charge is 0.323 e. The number of rotatable bonds is 3. The standard InChI is InChI=1S/C18H16N4O2S/c1-11-7-12(2)20-18(13(11)8-19)25-10-17(24)22-9-16(23)21-14-5-3-4-6-15(14)22/h3-7H,9-10H2,1-2H3,(H,21,23). The van der Waals surface area contributed by atoms with Gasteiger partial charge in [0, 0.05) is 5.69 Å². The molecule has 2 heterocycles. The summed E-state index contributed by atoms with van der Waals surface area (Å²) in [6.07, 6.45) is 0. The summed E-state index contributed by atoms with van der Waals surface area (Å²) in [5, 5.41) is 12.6. The fraction of sp³-hybridized carbons (Fsp3) is 0.222. The molecule has 126 valence electrons. The first kappa shape index (κ1) is 17.0. The molecule has 2 aromatic rings. The van der Waals surface area contributed by atoms with Crippen LogP contribution in [0.1, 0.15) is 16.8 Å². The van der Waals surface area contributed by atoms with Crippen LogP contribution in [0, 0.1) is 25.2 Å². The molecule has 0 spiro atoms. The molecule has 0 fully saturated rings. The minimum atomic E-state index is -0.223. The summed E-state index contributed by atoms with van der Waals surface area (Å²) < 4.78 is 0. The molecule has 1 aliphatic heterocycles. The number of fused-ring (bicyclic) bond motifs is 1. The fourth-order valence-corrected chi connectivity index (χ4v) is 3.68. The number of thioether (sulfide) groups is 1. The second-order valence-corrected chi connectivity index (χ2v) is 6.67. The minimum absolute atomic E-state index is 0.0121. The number of carbonyl (C=O) groups excluding carboxylic acids is 2. The van der Waals surface area contributed by atoms with Crippen molar-refractivity contribution in [1.29, 1.82) is 5.26 Å². The van der Waals surface area contributed by atoms with E-state index in [1.807, 2.05) is 26.0 Å². The average molecular weight is 352 g/mol. The van der Waals surface area contributed by atoms with Crippen LogP contribution in [0.4, 0.5) is 11.4 Å². The van der Waals surface area contributed by atoms with Crippen molar-refractivity contribution in [1.82, 2.24) is 4.98 Å². The Morgan fingerprint density at radius 1 is 1.40 bits per heavy atom. The first-order valence-corrected chi connectivity index (χ1v) is 8.68. The highest BCUT2D eigenvalue weighted by Gasteiger charge is 2.26. The Kier molecular flexibility index (Phi) is 4.72. The van der Waals surface area contributed by atoms with Crippen molar-refractivity contribution >= 4 is 35.0 Å². The topological polar surface area (TPSA) is 86.1 Å². The van der Waals surface area contributed by atoms with E-state index in [0.717, 1.165) is 11.3 Å². The molecule has 0 saturated heterocycles. The van der Waals surface area contributed by atoms with E-state index in [1.165, 1.54) is 16.7 Å². The zero-order chi connectivity index (χ0) is 18.0. The number of nitrogens with zero attached hydrogens (tertiary/aromatic N) is 3. The van der Waals surface area contributed by atoms with Crippen LogP contribution in [-0.4, -0.2) is 29.1 Å². The molecule has 0 bridgehead atoms. The van der Waals surface area contributed by atoms with Gasteiger partial charge in [-0.05, 0) is 37.6 Å². The zero-order valence-corrected chi connectivity index (χ0v) is 14.7. The van der Waals surface area contributed by atoms with Gasteiger partial charge in [-0.15, -0.1) is 0 Å². The predicted octanol–water partition coefficient (Wildman–Crippen LogP) is 2.65. The van der Waals surface area contributed by atoms with Gasteiger partial charge >= 0.3 is 0 Å². The molecule has 1 aromatic carbocycles. The fourth-order valence-electron chi connectivity index (χ4n) is 2.71. The molecule has 25 heavy (non-hydrogen) atoms. The molecule has 6 nitrogen and oxygen atoms in total. The minimum Gasteiger partial charge on any atom is -0.323 e. The number of hydrogen-bond acceptors (Lipinski definition) is 5. The number of aromatic nitrogens is 1. The third-order valence-corrected chi connectivity index (χ3v) is 4.79. The van der Waals surface area contributed by atoms with Crippen molar-refractivity contribution in [3.63, 3.8) is 0 Å². The number of amides is 2. The van der Waals surface area contributed by atoms with Crippen molar-refractivity contribution in [2.75, 3.05) is 22.5 Å². The van der Waals surface area contributed by atoms with Crippen LogP contribution in [0.5, 0.6) is 0 Å². The molecule has 7 heteroatoms. The van der Waals surface area contributed by atoms with Crippen molar-refractivity contribution in [3.05, 3.63) is 47.2 Å². The monoisotopic (exact) mass is 352 g/mol. The molecule has 0 radical (unpaired) electrons. The van der Waals surface area contributed by atoms with Crippen LogP contribution < -0.4 is 10.2 Å². The van der Waals surface area contributed by atoms with Crippen LogP contribution in [0.15, 0.2) is 35.4 Å². The molecule has 1 aliphatic rings. The normalized spacial score (nSPS) is 13.0. The number of nitriles is 1. The third kappa shape index (κ3) is 3.49. The van der Waals surface area contributed by atoms with Gasteiger partial charge in [-0.2, -0.15) is 5.26 Å². The lowest BCUT2D eigenvalue weighted by atomic mass is 10.1. The summed E-state index contributed by atoms with van der Waals surface area (Å²) in [7, 11) is 0. The second kappa shape index (κ2) is 6.95. The lowest BCUT2D eigenvalue weighted by Gasteiger charge is -2.29. The van der Waals surface area contributed by atoms with Crippen molar-refractivity contribution in [2.24, 2.45) is 0 Å². The highest BCUT2D eigenvalue weighted by atomic mass is 32.2. The summed E-state index contributed by atoms with van der Waals surface area (Å²) in [6.45, 7) is 3.69. The van der Waals surface area contributed by atoms with E-state index >= 15 is 0 Å². The van der Waals surface area contributed by atoms with Crippen molar-refractivity contribution in [3.8, 4) is 6.07 Å². The Bertz CT molecular complexity index is 904. The third-order valence-electron chi connectivity index (χ3n) is 3.83. The SMILES string of the molecule is Cc1cc(C)c(C#N)c(SCC(=O)N2CC(=O)Nc3ccccc32)n1. The number of para-hydroxylation sites is 2. The number of anilines is 2. The number of nitrogens with one attached hydrogen (secondary N) is 1. The number of hydrogen-bond donors (Lipinski definition) is 1. The zero-order valence-electron chi connectivity index (χ0n) is 13.9. The number of benzene rings is 1. The van der Waals surface area contributed by atoms with Crippen LogP contribution in [0.2, 0.25) is 0 Å². The van der Waals surface area contributed by atoms with E-state index in [-0.39, 0.29) is 24.1 Å². The Morgan fingerprint density at radius 2 is 2.16 bits per heavy atom.